The van der Waals surface area contributed by atoms with Gasteiger partial charge in [-0.05, 0) is 32.3 Å². The molecular formula is C18H23NO3. The monoisotopic (exact) mass is 301 g/mol. The van der Waals surface area contributed by atoms with Crippen LogP contribution in [0.4, 0.5) is 4.79 Å². The fourth-order valence-electron chi connectivity index (χ4n) is 3.80. The van der Waals surface area contributed by atoms with E-state index in [9.17, 15) is 9.59 Å². The van der Waals surface area contributed by atoms with Crippen LogP contribution in [0.3, 0.4) is 0 Å². The van der Waals surface area contributed by atoms with Crippen LogP contribution in [0.25, 0.3) is 0 Å². The molecule has 1 aromatic rings. The zero-order valence-corrected chi connectivity index (χ0v) is 13.5. The Morgan fingerprint density at radius 1 is 1.27 bits per heavy atom. The summed E-state index contributed by atoms with van der Waals surface area (Å²) in [5.41, 5.74) is 0.441. The van der Waals surface area contributed by atoms with Crippen LogP contribution in [-0.2, 0) is 14.9 Å². The lowest BCUT2D eigenvalue weighted by Gasteiger charge is -2.29. The Bertz CT molecular complexity index is 590. The molecule has 118 valence electrons. The molecule has 0 unspecified atom stereocenters. The van der Waals surface area contributed by atoms with Crippen molar-refractivity contribution in [2.24, 2.45) is 5.92 Å². The van der Waals surface area contributed by atoms with E-state index in [2.05, 4.69) is 12.1 Å². The molecule has 4 nitrogen and oxygen atoms in total. The summed E-state index contributed by atoms with van der Waals surface area (Å²) >= 11 is 0. The molecule has 1 aliphatic carbocycles. The number of Topliss-reactive ketones (excluding diaryl/α,β-unsaturated/α-hetero) is 1. The van der Waals surface area contributed by atoms with Gasteiger partial charge in [0.2, 0.25) is 0 Å². The van der Waals surface area contributed by atoms with Crippen molar-refractivity contribution in [3.8, 4) is 0 Å². The summed E-state index contributed by atoms with van der Waals surface area (Å²) in [6.45, 7) is 6.80. The Morgan fingerprint density at radius 2 is 1.95 bits per heavy atom. The van der Waals surface area contributed by atoms with Gasteiger partial charge in [0.05, 0.1) is 0 Å². The Morgan fingerprint density at radius 3 is 2.59 bits per heavy atom. The fraction of sp³-hybridized carbons (Fsp3) is 0.556. The molecule has 3 rings (SSSR count). The van der Waals surface area contributed by atoms with Crippen molar-refractivity contribution in [1.82, 2.24) is 4.90 Å². The fourth-order valence-corrected chi connectivity index (χ4v) is 3.80. The standard InChI is InChI=1S/C18H23NO3/c1-17(2,3)22-16(21)19-11-14-9-15(20)10-18(14,12-19)13-7-5-4-6-8-13/h4-8,14H,9-12H2,1-3H3/t14-,18+/m1/s1. The van der Waals surface area contributed by atoms with Gasteiger partial charge in [0.1, 0.15) is 11.4 Å². The van der Waals surface area contributed by atoms with Crippen molar-refractivity contribution in [1.29, 1.82) is 0 Å². The summed E-state index contributed by atoms with van der Waals surface area (Å²) in [6, 6.07) is 10.1. The molecule has 0 aromatic heterocycles. The van der Waals surface area contributed by atoms with Gasteiger partial charge in [-0.25, -0.2) is 4.79 Å². The maximum absolute atomic E-state index is 12.4. The van der Waals surface area contributed by atoms with Crippen LogP contribution in [0, 0.1) is 5.92 Å². The topological polar surface area (TPSA) is 46.6 Å². The van der Waals surface area contributed by atoms with Crippen molar-refractivity contribution < 1.29 is 14.3 Å². The number of benzene rings is 1. The molecule has 1 saturated heterocycles. The smallest absolute Gasteiger partial charge is 0.410 e. The lowest BCUT2D eigenvalue weighted by molar-refractivity contribution is -0.118. The van der Waals surface area contributed by atoms with E-state index < -0.39 is 5.60 Å². The quantitative estimate of drug-likeness (QED) is 0.800. The van der Waals surface area contributed by atoms with Gasteiger partial charge in [-0.3, -0.25) is 4.79 Å². The van der Waals surface area contributed by atoms with Crippen LogP contribution in [0.5, 0.6) is 0 Å². The predicted molar refractivity (Wildman–Crippen MR) is 83.7 cm³/mol. The third-order valence-electron chi connectivity index (χ3n) is 4.68. The summed E-state index contributed by atoms with van der Waals surface area (Å²) < 4.78 is 5.50. The van der Waals surface area contributed by atoms with Gasteiger partial charge in [-0.1, -0.05) is 30.3 Å². The molecule has 2 atom stereocenters. The van der Waals surface area contributed by atoms with Crippen molar-refractivity contribution in [2.45, 2.75) is 44.6 Å². The number of ether oxygens (including phenoxy) is 1. The van der Waals surface area contributed by atoms with Crippen LogP contribution < -0.4 is 0 Å². The van der Waals surface area contributed by atoms with Crippen LogP contribution in [0.15, 0.2) is 30.3 Å². The Hall–Kier alpha value is -1.84. The largest absolute Gasteiger partial charge is 0.444 e. The number of ketones is 1. The van der Waals surface area contributed by atoms with Crippen LogP contribution in [0.1, 0.15) is 39.2 Å². The second-order valence-corrected chi connectivity index (χ2v) is 7.50. The summed E-state index contributed by atoms with van der Waals surface area (Å²) in [5.74, 6) is 0.507. The zero-order chi connectivity index (χ0) is 16.0. The maximum atomic E-state index is 12.4. The van der Waals surface area contributed by atoms with E-state index >= 15 is 0 Å². The first-order chi connectivity index (χ1) is 10.3. The van der Waals surface area contributed by atoms with Crippen LogP contribution in [0.2, 0.25) is 0 Å². The lowest BCUT2D eigenvalue weighted by atomic mass is 9.75. The third kappa shape index (κ3) is 2.62. The van der Waals surface area contributed by atoms with Crippen LogP contribution >= 0.6 is 0 Å². The first-order valence-electron chi connectivity index (χ1n) is 7.85. The highest BCUT2D eigenvalue weighted by Gasteiger charge is 2.55. The first kappa shape index (κ1) is 15.1. The first-order valence-corrected chi connectivity index (χ1v) is 7.85. The van der Waals surface area contributed by atoms with E-state index in [-0.39, 0.29) is 17.4 Å². The molecule has 1 amide bonds. The molecule has 1 heterocycles. The third-order valence-corrected chi connectivity index (χ3v) is 4.68. The number of likely N-dealkylation sites (tertiary alicyclic amines) is 1. The van der Waals surface area contributed by atoms with Gasteiger partial charge >= 0.3 is 6.09 Å². The minimum absolute atomic E-state index is 0.204. The molecule has 1 saturated carbocycles. The van der Waals surface area contributed by atoms with Gasteiger partial charge in [0, 0.05) is 31.3 Å². The highest BCUT2D eigenvalue weighted by Crippen LogP contribution is 2.49. The molecule has 22 heavy (non-hydrogen) atoms. The van der Waals surface area contributed by atoms with Gasteiger partial charge < -0.3 is 9.64 Å². The molecule has 0 N–H and O–H groups in total. The number of rotatable bonds is 1. The van der Waals surface area contributed by atoms with Gasteiger partial charge in [0.25, 0.3) is 0 Å². The van der Waals surface area contributed by atoms with Gasteiger partial charge in [0.15, 0.2) is 0 Å². The molecule has 1 aromatic carbocycles. The summed E-state index contributed by atoms with van der Waals surface area (Å²) in [5, 5.41) is 0. The minimum atomic E-state index is -0.496. The second-order valence-electron chi connectivity index (χ2n) is 7.50. The molecule has 0 radical (unpaired) electrons. The molecule has 0 spiro atoms. The van der Waals surface area contributed by atoms with Crippen LogP contribution in [-0.4, -0.2) is 35.5 Å². The Kier molecular flexibility index (Phi) is 3.50. The molecule has 2 fully saturated rings. The molecule has 4 heteroatoms. The molecule has 1 aliphatic heterocycles. The number of carbonyl (C=O) groups is 2. The van der Waals surface area contributed by atoms with Crippen molar-refractivity contribution >= 4 is 11.9 Å². The average Bonchev–Trinajstić information content (AvgIpc) is 2.91. The van der Waals surface area contributed by atoms with E-state index in [1.165, 1.54) is 0 Å². The number of hydrogen-bond donors (Lipinski definition) is 0. The van der Waals surface area contributed by atoms with Gasteiger partial charge in [-0.15, -0.1) is 0 Å². The average molecular weight is 301 g/mol. The molecule has 0 bridgehead atoms. The van der Waals surface area contributed by atoms with E-state index in [0.29, 0.717) is 31.7 Å². The second kappa shape index (κ2) is 5.11. The van der Waals surface area contributed by atoms with Crippen molar-refractivity contribution in [3.63, 3.8) is 0 Å². The van der Waals surface area contributed by atoms with Crippen molar-refractivity contribution in [2.75, 3.05) is 13.1 Å². The molecule has 2 aliphatic rings. The van der Waals surface area contributed by atoms with E-state index in [1.807, 2.05) is 39.0 Å². The highest BCUT2D eigenvalue weighted by molar-refractivity contribution is 5.84. The summed E-state index contributed by atoms with van der Waals surface area (Å²) in [4.78, 5) is 26.1. The van der Waals surface area contributed by atoms with E-state index in [4.69, 9.17) is 4.74 Å². The summed E-state index contributed by atoms with van der Waals surface area (Å²) in [7, 11) is 0. The Balaban J connectivity index is 1.86. The van der Waals surface area contributed by atoms with Crippen molar-refractivity contribution in [3.05, 3.63) is 35.9 Å². The molecular weight excluding hydrogens is 278 g/mol. The normalized spacial score (nSPS) is 27.9. The number of nitrogens with zero attached hydrogens (tertiary/aromatic N) is 1. The SMILES string of the molecule is CC(C)(C)OC(=O)N1C[C@H]2CC(=O)C[C@@]2(c2ccccc2)C1. The lowest BCUT2D eigenvalue weighted by Crippen LogP contribution is -2.38. The number of amides is 1. The van der Waals surface area contributed by atoms with E-state index in [0.717, 1.165) is 5.56 Å². The van der Waals surface area contributed by atoms with E-state index in [1.54, 1.807) is 4.90 Å². The zero-order valence-electron chi connectivity index (χ0n) is 13.5. The number of hydrogen-bond acceptors (Lipinski definition) is 3. The minimum Gasteiger partial charge on any atom is -0.444 e. The Labute approximate surface area is 131 Å². The maximum Gasteiger partial charge on any atom is 0.410 e. The van der Waals surface area contributed by atoms with Gasteiger partial charge in [-0.2, -0.15) is 0 Å². The number of carbonyl (C=O) groups excluding carboxylic acids is 2. The summed E-state index contributed by atoms with van der Waals surface area (Å²) in [6.07, 6.45) is 0.819. The highest BCUT2D eigenvalue weighted by atomic mass is 16.6. The number of fused-ring (bicyclic) bond motifs is 1. The predicted octanol–water partition coefficient (Wildman–Crippen LogP) is 3.15.